The molecule has 2 aromatic rings. The number of anilines is 1. The van der Waals surface area contributed by atoms with Crippen LogP contribution < -0.4 is 10.2 Å². The van der Waals surface area contributed by atoms with E-state index in [0.717, 1.165) is 61.0 Å². The van der Waals surface area contributed by atoms with E-state index in [0.29, 0.717) is 5.69 Å². The molecule has 1 aromatic carbocycles. The lowest BCUT2D eigenvalue weighted by Crippen LogP contribution is -2.37. The van der Waals surface area contributed by atoms with E-state index in [1.165, 1.54) is 5.69 Å². The lowest BCUT2D eigenvalue weighted by Gasteiger charge is -2.19. The molecule has 0 saturated carbocycles. The summed E-state index contributed by atoms with van der Waals surface area (Å²) in [5, 5.41) is 7.15. The molecular formula is C18H20BrN3O2. The molecule has 1 aliphatic carbocycles. The summed E-state index contributed by atoms with van der Waals surface area (Å²) in [6, 6.07) is 8.44. The van der Waals surface area contributed by atoms with Gasteiger partial charge in [-0.3, -0.25) is 4.79 Å². The van der Waals surface area contributed by atoms with Crippen LogP contribution in [0.1, 0.15) is 41.1 Å². The maximum Gasteiger partial charge on any atom is 0.274 e. The molecule has 0 radical (unpaired) electrons. The Hall–Kier alpha value is -1.82. The summed E-state index contributed by atoms with van der Waals surface area (Å²) < 4.78 is 6.42. The number of halogens is 1. The van der Waals surface area contributed by atoms with E-state index in [1.54, 1.807) is 0 Å². The summed E-state index contributed by atoms with van der Waals surface area (Å²) in [6.45, 7) is 1.77. The van der Waals surface area contributed by atoms with Crippen molar-refractivity contribution in [3.8, 4) is 0 Å². The number of rotatable bonds is 3. The van der Waals surface area contributed by atoms with Crippen molar-refractivity contribution >= 4 is 27.5 Å². The first-order valence-electron chi connectivity index (χ1n) is 8.49. The fourth-order valence-electron chi connectivity index (χ4n) is 3.58. The summed E-state index contributed by atoms with van der Waals surface area (Å²) in [7, 11) is 0. The zero-order valence-corrected chi connectivity index (χ0v) is 15.0. The van der Waals surface area contributed by atoms with E-state index in [-0.39, 0.29) is 11.9 Å². The number of benzene rings is 1. The highest BCUT2D eigenvalue weighted by atomic mass is 79.9. The van der Waals surface area contributed by atoms with E-state index >= 15 is 0 Å². The SMILES string of the molecule is O=C(NC1CCN(c2ccc(Br)cc2)C1)c1noc2c1CCCC2. The van der Waals surface area contributed by atoms with Gasteiger partial charge in [-0.05, 0) is 49.9 Å². The number of aryl methyl sites for hydroxylation is 1. The number of hydrogen-bond donors (Lipinski definition) is 1. The zero-order valence-electron chi connectivity index (χ0n) is 13.4. The van der Waals surface area contributed by atoms with Crippen LogP contribution in [0.15, 0.2) is 33.3 Å². The number of carbonyl (C=O) groups excluding carboxylic acids is 1. The summed E-state index contributed by atoms with van der Waals surface area (Å²) >= 11 is 3.46. The lowest BCUT2D eigenvalue weighted by atomic mass is 9.96. The van der Waals surface area contributed by atoms with E-state index in [9.17, 15) is 4.79 Å². The number of nitrogens with one attached hydrogen (secondary N) is 1. The average molecular weight is 390 g/mol. The van der Waals surface area contributed by atoms with Crippen molar-refractivity contribution in [3.63, 3.8) is 0 Å². The van der Waals surface area contributed by atoms with Crippen molar-refractivity contribution in [2.24, 2.45) is 0 Å². The Morgan fingerprint density at radius 2 is 2.04 bits per heavy atom. The minimum Gasteiger partial charge on any atom is -0.369 e. The molecule has 6 heteroatoms. The third-order valence-corrected chi connectivity index (χ3v) is 5.41. The van der Waals surface area contributed by atoms with Crippen molar-refractivity contribution in [2.75, 3.05) is 18.0 Å². The fourth-order valence-corrected chi connectivity index (χ4v) is 3.85. The number of aromatic nitrogens is 1. The number of carbonyl (C=O) groups is 1. The monoisotopic (exact) mass is 389 g/mol. The highest BCUT2D eigenvalue weighted by molar-refractivity contribution is 9.10. The second-order valence-corrected chi connectivity index (χ2v) is 7.44. The van der Waals surface area contributed by atoms with Crippen molar-refractivity contribution in [2.45, 2.75) is 38.1 Å². The zero-order chi connectivity index (χ0) is 16.5. The van der Waals surface area contributed by atoms with Crippen molar-refractivity contribution < 1.29 is 9.32 Å². The number of fused-ring (bicyclic) bond motifs is 1. The van der Waals surface area contributed by atoms with Gasteiger partial charge in [-0.1, -0.05) is 21.1 Å². The highest BCUT2D eigenvalue weighted by Crippen LogP contribution is 2.25. The van der Waals surface area contributed by atoms with Gasteiger partial charge in [0.2, 0.25) is 0 Å². The molecule has 1 atom stereocenters. The van der Waals surface area contributed by atoms with Crippen LogP contribution in [0.4, 0.5) is 5.69 Å². The predicted molar refractivity (Wildman–Crippen MR) is 95.4 cm³/mol. The third-order valence-electron chi connectivity index (χ3n) is 4.88. The van der Waals surface area contributed by atoms with Gasteiger partial charge < -0.3 is 14.7 Å². The number of amides is 1. The fraction of sp³-hybridized carbons (Fsp3) is 0.444. The predicted octanol–water partition coefficient (Wildman–Crippen LogP) is 3.32. The summed E-state index contributed by atoms with van der Waals surface area (Å²) in [5.74, 6) is 0.805. The third kappa shape index (κ3) is 3.07. The van der Waals surface area contributed by atoms with Crippen LogP contribution in [-0.4, -0.2) is 30.2 Å². The van der Waals surface area contributed by atoms with E-state index in [2.05, 4.69) is 43.4 Å². The summed E-state index contributed by atoms with van der Waals surface area (Å²) in [4.78, 5) is 14.9. The van der Waals surface area contributed by atoms with Gasteiger partial charge in [-0.15, -0.1) is 0 Å². The molecule has 2 heterocycles. The standard InChI is InChI=1S/C18H20BrN3O2/c19-12-5-7-14(8-6-12)22-10-9-13(11-22)20-18(23)17-15-3-1-2-4-16(15)24-21-17/h5-8,13H,1-4,9-11H2,(H,20,23). The van der Waals surface area contributed by atoms with E-state index in [4.69, 9.17) is 4.52 Å². The molecule has 5 nitrogen and oxygen atoms in total. The Morgan fingerprint density at radius 1 is 1.25 bits per heavy atom. The topological polar surface area (TPSA) is 58.4 Å². The van der Waals surface area contributed by atoms with Crippen LogP contribution >= 0.6 is 15.9 Å². The Bertz CT molecular complexity index is 741. The molecule has 24 heavy (non-hydrogen) atoms. The van der Waals surface area contributed by atoms with Gasteiger partial charge in [-0.25, -0.2) is 0 Å². The maximum atomic E-state index is 12.6. The van der Waals surface area contributed by atoms with Crippen LogP contribution in [0.5, 0.6) is 0 Å². The molecule has 1 amide bonds. The van der Waals surface area contributed by atoms with Crippen LogP contribution in [0.2, 0.25) is 0 Å². The molecule has 4 rings (SSSR count). The van der Waals surface area contributed by atoms with E-state index in [1.807, 2.05) is 12.1 Å². The van der Waals surface area contributed by atoms with Crippen LogP contribution in [0.25, 0.3) is 0 Å². The molecule has 126 valence electrons. The Balaban J connectivity index is 1.40. The number of hydrogen-bond acceptors (Lipinski definition) is 4. The van der Waals surface area contributed by atoms with Crippen LogP contribution in [0.3, 0.4) is 0 Å². The Labute approximate surface area is 149 Å². The molecular weight excluding hydrogens is 370 g/mol. The normalized spacial score (nSPS) is 20.0. The van der Waals surface area contributed by atoms with Gasteiger partial charge in [0, 0.05) is 41.3 Å². The highest BCUT2D eigenvalue weighted by Gasteiger charge is 2.28. The van der Waals surface area contributed by atoms with Gasteiger partial charge in [0.25, 0.3) is 5.91 Å². The minimum absolute atomic E-state index is 0.0930. The van der Waals surface area contributed by atoms with Gasteiger partial charge in [0.05, 0.1) is 0 Å². The van der Waals surface area contributed by atoms with Crippen molar-refractivity contribution in [3.05, 3.63) is 45.8 Å². The number of nitrogens with zero attached hydrogens (tertiary/aromatic N) is 2. The van der Waals surface area contributed by atoms with Gasteiger partial charge >= 0.3 is 0 Å². The molecule has 1 saturated heterocycles. The molecule has 0 spiro atoms. The molecule has 1 aromatic heterocycles. The molecule has 1 unspecified atom stereocenters. The first-order valence-corrected chi connectivity index (χ1v) is 9.29. The first-order chi connectivity index (χ1) is 11.7. The Kier molecular flexibility index (Phi) is 4.31. The molecule has 0 bridgehead atoms. The average Bonchev–Trinajstić information content (AvgIpc) is 3.22. The second-order valence-electron chi connectivity index (χ2n) is 6.52. The maximum absolute atomic E-state index is 12.6. The van der Waals surface area contributed by atoms with Crippen molar-refractivity contribution in [1.82, 2.24) is 10.5 Å². The van der Waals surface area contributed by atoms with Gasteiger partial charge in [-0.2, -0.15) is 0 Å². The molecule has 1 fully saturated rings. The van der Waals surface area contributed by atoms with Crippen LogP contribution in [-0.2, 0) is 12.8 Å². The van der Waals surface area contributed by atoms with Crippen LogP contribution in [0, 0.1) is 0 Å². The second kappa shape index (κ2) is 6.59. The summed E-state index contributed by atoms with van der Waals surface area (Å²) in [6.07, 6.45) is 4.97. The quantitative estimate of drug-likeness (QED) is 0.874. The molecule has 1 aliphatic heterocycles. The van der Waals surface area contributed by atoms with Crippen molar-refractivity contribution in [1.29, 1.82) is 0 Å². The first kappa shape index (κ1) is 15.7. The van der Waals surface area contributed by atoms with Gasteiger partial charge in [0.15, 0.2) is 5.69 Å². The minimum atomic E-state index is -0.0930. The Morgan fingerprint density at radius 3 is 2.88 bits per heavy atom. The molecule has 2 aliphatic rings. The summed E-state index contributed by atoms with van der Waals surface area (Å²) in [5.41, 5.74) is 2.70. The van der Waals surface area contributed by atoms with E-state index < -0.39 is 0 Å². The lowest BCUT2D eigenvalue weighted by molar-refractivity contribution is 0.0930. The largest absolute Gasteiger partial charge is 0.369 e. The smallest absolute Gasteiger partial charge is 0.274 e. The molecule has 1 N–H and O–H groups in total. The van der Waals surface area contributed by atoms with Gasteiger partial charge in [0.1, 0.15) is 5.76 Å².